The molecule has 0 radical (unpaired) electrons. The molecule has 0 amide bonds. The molecule has 3 aliphatic rings. The zero-order valence-electron chi connectivity index (χ0n) is 24.2. The highest BCUT2D eigenvalue weighted by atomic mass is 16.5. The Morgan fingerprint density at radius 2 is 1.82 bits per heavy atom. The second kappa shape index (κ2) is 10.3. The summed E-state index contributed by atoms with van der Waals surface area (Å²) in [4.78, 5) is 13.1. The van der Waals surface area contributed by atoms with Gasteiger partial charge in [0.05, 0.1) is 6.20 Å². The van der Waals surface area contributed by atoms with Crippen molar-refractivity contribution in [2.24, 2.45) is 5.41 Å². The molecule has 2 aliphatic heterocycles. The Hall–Kier alpha value is -3.31. The van der Waals surface area contributed by atoms with Gasteiger partial charge in [0.15, 0.2) is 0 Å². The lowest BCUT2D eigenvalue weighted by atomic mass is 9.59. The van der Waals surface area contributed by atoms with Crippen LogP contribution in [0.3, 0.4) is 0 Å². The van der Waals surface area contributed by atoms with E-state index in [1.54, 1.807) is 17.3 Å². The molecule has 40 heavy (non-hydrogen) atoms. The van der Waals surface area contributed by atoms with Crippen molar-refractivity contribution in [1.29, 1.82) is 0 Å². The van der Waals surface area contributed by atoms with Crippen LogP contribution in [0.15, 0.2) is 67.0 Å². The SMILES string of the molecule is Cc1ccc(N2CCC3(CC2)CC(N2CCC[C@H]2c2ccccc2C(C)C)C3)cc1Oc1cnc2[nH]ccc2c1. The number of hydrogen-bond donors (Lipinski definition) is 1. The molecule has 7 rings (SSSR count). The summed E-state index contributed by atoms with van der Waals surface area (Å²) in [6, 6.07) is 21.3. The molecule has 5 nitrogen and oxygen atoms in total. The molecule has 2 aromatic heterocycles. The van der Waals surface area contributed by atoms with Gasteiger partial charge in [0.1, 0.15) is 17.1 Å². The second-order valence-electron chi connectivity index (χ2n) is 12.9. The van der Waals surface area contributed by atoms with E-state index in [4.69, 9.17) is 4.74 Å². The molecule has 1 aliphatic carbocycles. The van der Waals surface area contributed by atoms with Crippen molar-refractivity contribution in [3.63, 3.8) is 0 Å². The van der Waals surface area contributed by atoms with Crippen LogP contribution in [-0.2, 0) is 0 Å². The van der Waals surface area contributed by atoms with Gasteiger partial charge < -0.3 is 14.6 Å². The van der Waals surface area contributed by atoms with Crippen molar-refractivity contribution >= 4 is 16.7 Å². The maximum absolute atomic E-state index is 6.32. The lowest BCUT2D eigenvalue weighted by Gasteiger charge is -2.56. The number of likely N-dealkylation sites (tertiary alicyclic amines) is 1. The monoisotopic (exact) mass is 534 g/mol. The van der Waals surface area contributed by atoms with Gasteiger partial charge in [-0.05, 0) is 98.2 Å². The van der Waals surface area contributed by atoms with Crippen molar-refractivity contribution in [2.45, 2.75) is 77.3 Å². The molecule has 3 fully saturated rings. The van der Waals surface area contributed by atoms with Gasteiger partial charge in [0, 0.05) is 48.5 Å². The number of H-pyrrole nitrogens is 1. The zero-order chi connectivity index (χ0) is 27.3. The highest BCUT2D eigenvalue weighted by Crippen LogP contribution is 2.54. The van der Waals surface area contributed by atoms with Crippen LogP contribution >= 0.6 is 0 Å². The number of aryl methyl sites for hydroxylation is 1. The lowest BCUT2D eigenvalue weighted by molar-refractivity contribution is -0.0227. The molecular formula is C35H42N4O. The number of ether oxygens (including phenoxy) is 1. The Morgan fingerprint density at radius 1 is 1.00 bits per heavy atom. The number of pyridine rings is 1. The van der Waals surface area contributed by atoms with Crippen molar-refractivity contribution in [1.82, 2.24) is 14.9 Å². The van der Waals surface area contributed by atoms with Gasteiger partial charge in [-0.2, -0.15) is 0 Å². The first-order chi connectivity index (χ1) is 19.5. The summed E-state index contributed by atoms with van der Waals surface area (Å²) in [5, 5.41) is 1.07. The fourth-order valence-corrected chi connectivity index (χ4v) is 7.72. The van der Waals surface area contributed by atoms with Gasteiger partial charge in [-0.25, -0.2) is 4.98 Å². The normalized spacial score (nSPS) is 21.4. The van der Waals surface area contributed by atoms with Crippen LogP contribution in [0.4, 0.5) is 5.69 Å². The standard InChI is InChI=1S/C35H42N4O/c1-24(2)30-7-4-5-8-31(30)32-9-6-16-39(32)28-21-35(22-28)13-17-38(18-14-35)27-11-10-25(3)33(20-27)40-29-19-26-12-15-36-34(26)37-23-29/h4-5,7-8,10-12,15,19-20,23-24,28,32H,6,9,13-14,16-18,21-22H2,1-3H3,(H,36,37)/t32-/m0/s1. The van der Waals surface area contributed by atoms with E-state index in [1.165, 1.54) is 50.8 Å². The fourth-order valence-electron chi connectivity index (χ4n) is 7.72. The molecule has 2 aromatic carbocycles. The van der Waals surface area contributed by atoms with E-state index < -0.39 is 0 Å². The number of aromatic nitrogens is 2. The van der Waals surface area contributed by atoms with Crippen LogP contribution in [0, 0.1) is 12.3 Å². The highest BCUT2D eigenvalue weighted by molar-refractivity contribution is 5.76. The van der Waals surface area contributed by atoms with Crippen LogP contribution in [0.5, 0.6) is 11.5 Å². The summed E-state index contributed by atoms with van der Waals surface area (Å²) in [6.07, 6.45) is 11.7. The summed E-state index contributed by atoms with van der Waals surface area (Å²) >= 11 is 0. The second-order valence-corrected chi connectivity index (χ2v) is 12.9. The largest absolute Gasteiger partial charge is 0.455 e. The van der Waals surface area contributed by atoms with Crippen LogP contribution in [-0.4, -0.2) is 40.5 Å². The van der Waals surface area contributed by atoms with Crippen LogP contribution in [0.2, 0.25) is 0 Å². The van der Waals surface area contributed by atoms with Crippen molar-refractivity contribution < 1.29 is 4.74 Å². The third-order valence-electron chi connectivity index (χ3n) is 10.0. The number of aromatic amines is 1. The Labute approximate surface area is 238 Å². The first-order valence-electron chi connectivity index (χ1n) is 15.3. The first-order valence-corrected chi connectivity index (χ1v) is 15.3. The summed E-state index contributed by atoms with van der Waals surface area (Å²) < 4.78 is 6.32. The minimum atomic E-state index is 0.535. The fraction of sp³-hybridized carbons (Fsp3) is 0.457. The third kappa shape index (κ3) is 4.68. The molecule has 4 heterocycles. The van der Waals surface area contributed by atoms with Gasteiger partial charge in [0.25, 0.3) is 0 Å². The van der Waals surface area contributed by atoms with Crippen LogP contribution in [0.1, 0.15) is 81.0 Å². The number of nitrogens with zero attached hydrogens (tertiary/aromatic N) is 3. The molecule has 208 valence electrons. The molecule has 0 bridgehead atoms. The van der Waals surface area contributed by atoms with Gasteiger partial charge in [-0.15, -0.1) is 0 Å². The molecule has 5 heteroatoms. The van der Waals surface area contributed by atoms with Gasteiger partial charge in [-0.3, -0.25) is 4.90 Å². The zero-order valence-corrected chi connectivity index (χ0v) is 24.2. The molecule has 4 aromatic rings. The summed E-state index contributed by atoms with van der Waals surface area (Å²) in [5.74, 6) is 2.28. The minimum absolute atomic E-state index is 0.535. The molecule has 0 unspecified atom stereocenters. The topological polar surface area (TPSA) is 44.4 Å². The average molecular weight is 535 g/mol. The highest BCUT2D eigenvalue weighted by Gasteiger charge is 2.50. The number of hydrogen-bond acceptors (Lipinski definition) is 4. The lowest BCUT2D eigenvalue weighted by Crippen LogP contribution is -2.54. The van der Waals surface area contributed by atoms with Gasteiger partial charge >= 0.3 is 0 Å². The first kappa shape index (κ1) is 25.6. The predicted octanol–water partition coefficient (Wildman–Crippen LogP) is 8.37. The maximum Gasteiger partial charge on any atom is 0.146 e. The Morgan fingerprint density at radius 3 is 2.65 bits per heavy atom. The molecule has 2 saturated heterocycles. The number of nitrogens with one attached hydrogen (secondary N) is 1. The number of fused-ring (bicyclic) bond motifs is 1. The van der Waals surface area contributed by atoms with Gasteiger partial charge in [0.2, 0.25) is 0 Å². The van der Waals surface area contributed by atoms with E-state index in [0.29, 0.717) is 17.4 Å². The minimum Gasteiger partial charge on any atom is -0.455 e. The van der Waals surface area contributed by atoms with E-state index in [0.717, 1.165) is 47.2 Å². The van der Waals surface area contributed by atoms with Crippen LogP contribution < -0.4 is 9.64 Å². The van der Waals surface area contributed by atoms with E-state index in [-0.39, 0.29) is 0 Å². The Bertz CT molecular complexity index is 1490. The Kier molecular flexibility index (Phi) is 6.58. The number of anilines is 1. The molecule has 1 atom stereocenters. The smallest absolute Gasteiger partial charge is 0.146 e. The van der Waals surface area contributed by atoms with Crippen molar-refractivity contribution in [2.75, 3.05) is 24.5 Å². The molecule has 1 saturated carbocycles. The quantitative estimate of drug-likeness (QED) is 0.270. The molecular weight excluding hydrogens is 492 g/mol. The third-order valence-corrected chi connectivity index (χ3v) is 10.0. The number of rotatable bonds is 6. The van der Waals surface area contributed by atoms with E-state index >= 15 is 0 Å². The summed E-state index contributed by atoms with van der Waals surface area (Å²) in [6.45, 7) is 10.3. The number of piperidine rings is 1. The molecule has 1 spiro atoms. The summed E-state index contributed by atoms with van der Waals surface area (Å²) in [7, 11) is 0. The average Bonchev–Trinajstić information content (AvgIpc) is 3.62. The predicted molar refractivity (Wildman–Crippen MR) is 163 cm³/mol. The maximum atomic E-state index is 6.32. The Balaban J connectivity index is 0.991. The van der Waals surface area contributed by atoms with Crippen molar-refractivity contribution in [3.8, 4) is 11.5 Å². The van der Waals surface area contributed by atoms with Crippen molar-refractivity contribution in [3.05, 3.63) is 83.7 Å². The van der Waals surface area contributed by atoms with Crippen LogP contribution in [0.25, 0.3) is 11.0 Å². The number of benzene rings is 2. The summed E-state index contributed by atoms with van der Waals surface area (Å²) in [5.41, 5.74) is 6.97. The van der Waals surface area contributed by atoms with Gasteiger partial charge in [-0.1, -0.05) is 44.2 Å². The molecule has 1 N–H and O–H groups in total. The van der Waals surface area contributed by atoms with E-state index in [2.05, 4.69) is 89.1 Å². The van der Waals surface area contributed by atoms with E-state index in [9.17, 15) is 0 Å². The van der Waals surface area contributed by atoms with E-state index in [1.807, 2.05) is 12.3 Å².